The molecule has 0 bridgehead atoms. The van der Waals surface area contributed by atoms with Gasteiger partial charge in [-0.3, -0.25) is 9.48 Å². The predicted octanol–water partition coefficient (Wildman–Crippen LogP) is 2.72. The third-order valence-electron chi connectivity index (χ3n) is 5.16. The zero-order valence-electron chi connectivity index (χ0n) is 12.3. The first kappa shape index (κ1) is 12.4. The van der Waals surface area contributed by atoms with Crippen LogP contribution in [0.3, 0.4) is 0 Å². The average Bonchev–Trinajstić information content (AvgIpc) is 3.29. The summed E-state index contributed by atoms with van der Waals surface area (Å²) in [6, 6.07) is 2.71. The van der Waals surface area contributed by atoms with Gasteiger partial charge >= 0.3 is 0 Å². The van der Waals surface area contributed by atoms with Gasteiger partial charge in [0.25, 0.3) is 5.91 Å². The first-order valence-electron chi connectivity index (χ1n) is 8.01. The van der Waals surface area contributed by atoms with E-state index in [9.17, 15) is 4.79 Å². The molecule has 0 radical (unpaired) electrons. The molecule has 0 aromatic carbocycles. The van der Waals surface area contributed by atoms with Crippen LogP contribution in [0.25, 0.3) is 0 Å². The standard InChI is InChI=1S/C16H23N3O/c1-10(2)19-8-7-14(17-19)16(20)18-9-13(11-3-4-11)15(18)12-5-6-12/h7-8,10-13,15H,3-6,9H2,1-2H3. The average molecular weight is 273 g/mol. The first-order valence-corrected chi connectivity index (χ1v) is 8.01. The molecule has 1 aromatic heterocycles. The van der Waals surface area contributed by atoms with Crippen molar-refractivity contribution >= 4 is 5.91 Å². The second-order valence-corrected chi connectivity index (χ2v) is 7.06. The van der Waals surface area contributed by atoms with Crippen LogP contribution in [0.15, 0.2) is 12.3 Å². The Kier molecular flexibility index (Phi) is 2.69. The molecule has 3 fully saturated rings. The maximum Gasteiger partial charge on any atom is 0.274 e. The molecule has 0 N–H and O–H groups in total. The maximum absolute atomic E-state index is 12.6. The molecule has 20 heavy (non-hydrogen) atoms. The van der Waals surface area contributed by atoms with Crippen LogP contribution in [0, 0.1) is 17.8 Å². The number of hydrogen-bond donors (Lipinski definition) is 0. The van der Waals surface area contributed by atoms with E-state index in [4.69, 9.17) is 0 Å². The summed E-state index contributed by atoms with van der Waals surface area (Å²) in [6.45, 7) is 5.14. The summed E-state index contributed by atoms with van der Waals surface area (Å²) in [7, 11) is 0. The Bertz CT molecular complexity index is 528. The van der Waals surface area contributed by atoms with Gasteiger partial charge in [0, 0.05) is 30.7 Å². The Hall–Kier alpha value is -1.32. The molecule has 4 heteroatoms. The van der Waals surface area contributed by atoms with Crippen LogP contribution in [-0.2, 0) is 0 Å². The molecule has 4 rings (SSSR count). The van der Waals surface area contributed by atoms with E-state index >= 15 is 0 Å². The van der Waals surface area contributed by atoms with E-state index in [0.29, 0.717) is 17.8 Å². The lowest BCUT2D eigenvalue weighted by Crippen LogP contribution is -2.60. The highest BCUT2D eigenvalue weighted by atomic mass is 16.2. The Morgan fingerprint density at radius 1 is 1.25 bits per heavy atom. The molecule has 1 aromatic rings. The van der Waals surface area contributed by atoms with Gasteiger partial charge in [-0.2, -0.15) is 5.10 Å². The minimum absolute atomic E-state index is 0.151. The zero-order valence-corrected chi connectivity index (χ0v) is 12.3. The lowest BCUT2D eigenvalue weighted by atomic mass is 9.81. The number of carbonyl (C=O) groups excluding carboxylic acids is 1. The minimum Gasteiger partial charge on any atom is -0.333 e. The molecule has 108 valence electrons. The molecular weight excluding hydrogens is 250 g/mol. The third kappa shape index (κ3) is 1.97. The molecule has 1 amide bonds. The fourth-order valence-electron chi connectivity index (χ4n) is 3.65. The fourth-order valence-corrected chi connectivity index (χ4v) is 3.65. The summed E-state index contributed by atoms with van der Waals surface area (Å²) in [6.07, 6.45) is 7.33. The van der Waals surface area contributed by atoms with Crippen molar-refractivity contribution in [2.24, 2.45) is 17.8 Å². The highest BCUT2D eigenvalue weighted by Gasteiger charge is 2.54. The smallest absolute Gasteiger partial charge is 0.274 e. The zero-order chi connectivity index (χ0) is 13.9. The molecule has 2 atom stereocenters. The van der Waals surface area contributed by atoms with Gasteiger partial charge < -0.3 is 4.90 Å². The van der Waals surface area contributed by atoms with E-state index < -0.39 is 0 Å². The normalized spacial score (nSPS) is 29.6. The first-order chi connectivity index (χ1) is 9.65. The molecule has 1 aliphatic heterocycles. The SMILES string of the molecule is CC(C)n1ccc(C(=O)N2CC(C3CC3)C2C2CC2)n1. The highest BCUT2D eigenvalue weighted by Crippen LogP contribution is 2.52. The summed E-state index contributed by atoms with van der Waals surface area (Å²) in [5.41, 5.74) is 0.624. The number of amides is 1. The fraction of sp³-hybridized carbons (Fsp3) is 0.750. The molecule has 4 nitrogen and oxygen atoms in total. The van der Waals surface area contributed by atoms with E-state index in [1.807, 2.05) is 16.9 Å². The van der Waals surface area contributed by atoms with Crippen molar-refractivity contribution in [3.05, 3.63) is 18.0 Å². The summed E-state index contributed by atoms with van der Waals surface area (Å²) in [5, 5.41) is 4.44. The minimum atomic E-state index is 0.151. The Balaban J connectivity index is 1.50. The second-order valence-electron chi connectivity index (χ2n) is 7.06. The Morgan fingerprint density at radius 3 is 2.50 bits per heavy atom. The van der Waals surface area contributed by atoms with Crippen LogP contribution in [0.4, 0.5) is 0 Å². The summed E-state index contributed by atoms with van der Waals surface area (Å²) in [4.78, 5) is 14.7. The molecule has 2 heterocycles. The number of carbonyl (C=O) groups is 1. The molecule has 0 spiro atoms. The number of nitrogens with zero attached hydrogens (tertiary/aromatic N) is 3. The van der Waals surface area contributed by atoms with Crippen molar-refractivity contribution in [3.8, 4) is 0 Å². The van der Waals surface area contributed by atoms with Crippen LogP contribution >= 0.6 is 0 Å². The van der Waals surface area contributed by atoms with Gasteiger partial charge in [0.05, 0.1) is 0 Å². The molecular formula is C16H23N3O. The quantitative estimate of drug-likeness (QED) is 0.846. The van der Waals surface area contributed by atoms with Crippen molar-refractivity contribution in [1.29, 1.82) is 0 Å². The van der Waals surface area contributed by atoms with E-state index in [1.54, 1.807) is 0 Å². The van der Waals surface area contributed by atoms with Gasteiger partial charge in [0.1, 0.15) is 5.69 Å². The van der Waals surface area contributed by atoms with Crippen LogP contribution in [0.5, 0.6) is 0 Å². The largest absolute Gasteiger partial charge is 0.333 e. The predicted molar refractivity (Wildman–Crippen MR) is 76.4 cm³/mol. The van der Waals surface area contributed by atoms with Gasteiger partial charge in [-0.05, 0) is 57.4 Å². The van der Waals surface area contributed by atoms with Gasteiger partial charge in [-0.1, -0.05) is 0 Å². The monoisotopic (exact) mass is 273 g/mol. The number of hydrogen-bond acceptors (Lipinski definition) is 2. The van der Waals surface area contributed by atoms with Crippen molar-refractivity contribution in [1.82, 2.24) is 14.7 Å². The van der Waals surface area contributed by atoms with Crippen LogP contribution in [-0.4, -0.2) is 33.2 Å². The molecule has 1 saturated heterocycles. The summed E-state index contributed by atoms with van der Waals surface area (Å²) < 4.78 is 1.87. The lowest BCUT2D eigenvalue weighted by molar-refractivity contribution is -0.00253. The van der Waals surface area contributed by atoms with E-state index in [0.717, 1.165) is 24.3 Å². The van der Waals surface area contributed by atoms with Crippen molar-refractivity contribution in [2.45, 2.75) is 51.6 Å². The van der Waals surface area contributed by atoms with Gasteiger partial charge in [-0.15, -0.1) is 0 Å². The molecule has 2 aliphatic carbocycles. The summed E-state index contributed by atoms with van der Waals surface area (Å²) >= 11 is 0. The summed E-state index contributed by atoms with van der Waals surface area (Å²) in [5.74, 6) is 2.64. The number of aromatic nitrogens is 2. The molecule has 2 unspecified atom stereocenters. The van der Waals surface area contributed by atoms with Crippen molar-refractivity contribution in [2.75, 3.05) is 6.54 Å². The van der Waals surface area contributed by atoms with E-state index in [1.165, 1.54) is 25.7 Å². The van der Waals surface area contributed by atoms with Crippen LogP contribution in [0.2, 0.25) is 0 Å². The van der Waals surface area contributed by atoms with E-state index in [-0.39, 0.29) is 5.91 Å². The van der Waals surface area contributed by atoms with Crippen LogP contribution < -0.4 is 0 Å². The third-order valence-corrected chi connectivity index (χ3v) is 5.16. The van der Waals surface area contributed by atoms with Crippen LogP contribution in [0.1, 0.15) is 56.1 Å². The second kappa shape index (κ2) is 4.34. The van der Waals surface area contributed by atoms with Crippen molar-refractivity contribution < 1.29 is 4.79 Å². The van der Waals surface area contributed by atoms with Gasteiger partial charge in [0.2, 0.25) is 0 Å². The topological polar surface area (TPSA) is 38.1 Å². The highest BCUT2D eigenvalue weighted by molar-refractivity contribution is 5.93. The molecule has 2 saturated carbocycles. The van der Waals surface area contributed by atoms with Crippen molar-refractivity contribution in [3.63, 3.8) is 0 Å². The maximum atomic E-state index is 12.6. The Labute approximate surface area is 120 Å². The van der Waals surface area contributed by atoms with Gasteiger partial charge in [0.15, 0.2) is 0 Å². The molecule has 3 aliphatic rings. The Morgan fingerprint density at radius 2 is 1.95 bits per heavy atom. The lowest BCUT2D eigenvalue weighted by Gasteiger charge is -2.49. The number of rotatable bonds is 4. The number of likely N-dealkylation sites (tertiary alicyclic amines) is 1. The van der Waals surface area contributed by atoms with E-state index in [2.05, 4.69) is 23.8 Å². The van der Waals surface area contributed by atoms with Gasteiger partial charge in [-0.25, -0.2) is 0 Å².